The van der Waals surface area contributed by atoms with Crippen LogP contribution >= 0.6 is 0 Å². The van der Waals surface area contributed by atoms with Gasteiger partial charge in [-0.15, -0.1) is 0 Å². The fourth-order valence-electron chi connectivity index (χ4n) is 2.10. The number of carbonyl (C=O) groups is 2. The maximum atomic E-state index is 12.1. The number of fused-ring (bicyclic) bond motifs is 1. The lowest BCUT2D eigenvalue weighted by molar-refractivity contribution is 0.0638. The van der Waals surface area contributed by atoms with Gasteiger partial charge in [0, 0.05) is 12.4 Å². The Morgan fingerprint density at radius 3 is 2.35 bits per heavy atom. The van der Waals surface area contributed by atoms with Crippen molar-refractivity contribution in [3.05, 3.63) is 53.6 Å². The highest BCUT2D eigenvalue weighted by Crippen LogP contribution is 2.22. The third-order valence-electron chi connectivity index (χ3n) is 3.07. The fraction of sp³-hybridized carbons (Fsp3) is 0.143. The molecule has 0 bridgehead atoms. The van der Waals surface area contributed by atoms with E-state index in [9.17, 15) is 9.59 Å². The van der Waals surface area contributed by atoms with Crippen LogP contribution in [0.3, 0.4) is 0 Å². The molecule has 2 aromatic rings. The summed E-state index contributed by atoms with van der Waals surface area (Å²) in [6.45, 7) is 0.174. The Balaban J connectivity index is 1.89. The van der Waals surface area contributed by atoms with Crippen LogP contribution in [-0.2, 0) is 6.54 Å². The number of hydrogen-bond donors (Lipinski definition) is 0. The van der Waals surface area contributed by atoms with Crippen molar-refractivity contribution >= 4 is 11.8 Å². The molecule has 3 rings (SSSR count). The quantitative estimate of drug-likeness (QED) is 0.785. The number of ether oxygens (including phenoxy) is 1. The van der Waals surface area contributed by atoms with E-state index in [1.54, 1.807) is 19.2 Å². The summed E-state index contributed by atoms with van der Waals surface area (Å²) in [5.41, 5.74) is 1.03. The van der Waals surface area contributed by atoms with E-state index >= 15 is 0 Å². The minimum absolute atomic E-state index is 0.111. The zero-order valence-electron chi connectivity index (χ0n) is 10.7. The van der Waals surface area contributed by atoms with Crippen molar-refractivity contribution < 1.29 is 14.3 Å². The number of hydrogen-bond acceptors (Lipinski definition) is 5. The van der Waals surface area contributed by atoms with Gasteiger partial charge >= 0.3 is 0 Å². The highest BCUT2D eigenvalue weighted by Gasteiger charge is 2.37. The summed E-state index contributed by atoms with van der Waals surface area (Å²) in [5, 5.41) is 0. The van der Waals surface area contributed by atoms with Gasteiger partial charge in [-0.1, -0.05) is 12.1 Å². The van der Waals surface area contributed by atoms with Gasteiger partial charge < -0.3 is 4.74 Å². The van der Waals surface area contributed by atoms with Crippen LogP contribution < -0.4 is 4.74 Å². The Labute approximate surface area is 115 Å². The number of nitrogens with zero attached hydrogens (tertiary/aromatic N) is 3. The third-order valence-corrected chi connectivity index (χ3v) is 3.07. The van der Waals surface area contributed by atoms with Crippen LogP contribution in [0.1, 0.15) is 26.5 Å². The summed E-state index contributed by atoms with van der Waals surface area (Å²) in [6.07, 6.45) is 2.80. The average molecular weight is 269 g/mol. The Morgan fingerprint density at radius 2 is 1.75 bits per heavy atom. The molecule has 0 saturated heterocycles. The van der Waals surface area contributed by atoms with E-state index in [1.165, 1.54) is 12.4 Å². The lowest BCUT2D eigenvalue weighted by Gasteiger charge is -2.13. The molecule has 6 nitrogen and oxygen atoms in total. The number of carbonyl (C=O) groups excluding carboxylic acids is 2. The molecule has 100 valence electrons. The molecule has 20 heavy (non-hydrogen) atoms. The van der Waals surface area contributed by atoms with Crippen molar-refractivity contribution in [2.24, 2.45) is 0 Å². The summed E-state index contributed by atoms with van der Waals surface area (Å²) >= 11 is 0. The molecule has 0 unspecified atom stereocenters. The molecular weight excluding hydrogens is 258 g/mol. The number of aromatic nitrogens is 2. The van der Waals surface area contributed by atoms with E-state index in [2.05, 4.69) is 9.97 Å². The molecule has 1 aromatic heterocycles. The van der Waals surface area contributed by atoms with E-state index in [-0.39, 0.29) is 17.9 Å². The van der Waals surface area contributed by atoms with Crippen molar-refractivity contribution in [3.8, 4) is 5.75 Å². The van der Waals surface area contributed by atoms with Crippen molar-refractivity contribution in [2.45, 2.75) is 6.54 Å². The third kappa shape index (κ3) is 1.91. The Bertz CT molecular complexity index is 665. The van der Waals surface area contributed by atoms with Crippen LogP contribution in [0.5, 0.6) is 5.75 Å². The molecule has 6 heteroatoms. The van der Waals surface area contributed by atoms with Gasteiger partial charge in [-0.25, -0.2) is 9.97 Å². The first kappa shape index (κ1) is 12.3. The van der Waals surface area contributed by atoms with Crippen LogP contribution in [0.2, 0.25) is 0 Å². The van der Waals surface area contributed by atoms with Crippen molar-refractivity contribution in [2.75, 3.05) is 7.11 Å². The number of benzene rings is 1. The standard InChI is InChI=1S/C14H11N3O3/c1-20-10-4-2-3-9(7-10)8-17-13(18)11-12(14(17)19)16-6-5-15-11/h2-7H,8H2,1H3. The second-order valence-corrected chi connectivity index (χ2v) is 4.30. The van der Waals surface area contributed by atoms with E-state index < -0.39 is 11.8 Å². The molecule has 1 aliphatic rings. The zero-order chi connectivity index (χ0) is 14.1. The first-order valence-electron chi connectivity index (χ1n) is 6.01. The number of amides is 2. The number of imide groups is 1. The molecule has 0 radical (unpaired) electrons. The Hall–Kier alpha value is -2.76. The van der Waals surface area contributed by atoms with Gasteiger partial charge in [-0.3, -0.25) is 14.5 Å². The molecule has 1 aliphatic heterocycles. The summed E-state index contributed by atoms with van der Waals surface area (Å²) in [5.74, 6) is -0.155. The maximum Gasteiger partial charge on any atom is 0.282 e. The van der Waals surface area contributed by atoms with Crippen LogP contribution in [0.25, 0.3) is 0 Å². The highest BCUT2D eigenvalue weighted by molar-refractivity contribution is 6.19. The minimum Gasteiger partial charge on any atom is -0.497 e. The lowest BCUT2D eigenvalue weighted by Crippen LogP contribution is -2.29. The predicted molar refractivity (Wildman–Crippen MR) is 69.2 cm³/mol. The van der Waals surface area contributed by atoms with Crippen molar-refractivity contribution in [3.63, 3.8) is 0 Å². The second kappa shape index (κ2) is 4.73. The van der Waals surface area contributed by atoms with Gasteiger partial charge in [-0.05, 0) is 17.7 Å². The molecule has 1 aromatic carbocycles. The van der Waals surface area contributed by atoms with Gasteiger partial charge in [0.05, 0.1) is 13.7 Å². The van der Waals surface area contributed by atoms with Crippen molar-refractivity contribution in [1.29, 1.82) is 0 Å². The summed E-state index contributed by atoms with van der Waals surface area (Å²) < 4.78 is 5.12. The molecule has 2 heterocycles. The first-order chi connectivity index (χ1) is 9.70. The average Bonchev–Trinajstić information content (AvgIpc) is 2.73. The molecule has 0 fully saturated rings. The lowest BCUT2D eigenvalue weighted by atomic mass is 10.2. The van der Waals surface area contributed by atoms with Crippen molar-refractivity contribution in [1.82, 2.24) is 14.9 Å². The maximum absolute atomic E-state index is 12.1. The summed E-state index contributed by atoms with van der Waals surface area (Å²) in [7, 11) is 1.56. The van der Waals surface area contributed by atoms with Gasteiger partial charge in [-0.2, -0.15) is 0 Å². The van der Waals surface area contributed by atoms with E-state index in [4.69, 9.17) is 4.74 Å². The zero-order valence-corrected chi connectivity index (χ0v) is 10.7. The fourth-order valence-corrected chi connectivity index (χ4v) is 2.10. The van der Waals surface area contributed by atoms with E-state index in [0.717, 1.165) is 10.5 Å². The summed E-state index contributed by atoms with van der Waals surface area (Å²) in [4.78, 5) is 33.2. The topological polar surface area (TPSA) is 72.4 Å². The van der Waals surface area contributed by atoms with Gasteiger partial charge in [0.25, 0.3) is 11.8 Å². The smallest absolute Gasteiger partial charge is 0.282 e. The largest absolute Gasteiger partial charge is 0.497 e. The van der Waals surface area contributed by atoms with Crippen LogP contribution in [0, 0.1) is 0 Å². The monoisotopic (exact) mass is 269 g/mol. The van der Waals surface area contributed by atoms with E-state index in [1.807, 2.05) is 12.1 Å². The van der Waals surface area contributed by atoms with Crippen LogP contribution in [0.4, 0.5) is 0 Å². The molecule has 0 spiro atoms. The second-order valence-electron chi connectivity index (χ2n) is 4.30. The molecule has 0 N–H and O–H groups in total. The first-order valence-corrected chi connectivity index (χ1v) is 6.01. The highest BCUT2D eigenvalue weighted by atomic mass is 16.5. The van der Waals surface area contributed by atoms with Gasteiger partial charge in [0.2, 0.25) is 0 Å². The van der Waals surface area contributed by atoms with Crippen LogP contribution in [0.15, 0.2) is 36.7 Å². The number of rotatable bonds is 3. The minimum atomic E-state index is -0.416. The van der Waals surface area contributed by atoms with Crippen LogP contribution in [-0.4, -0.2) is 33.8 Å². The summed E-state index contributed by atoms with van der Waals surface area (Å²) in [6, 6.07) is 7.22. The molecule has 2 amide bonds. The SMILES string of the molecule is COc1cccc(CN2C(=O)c3nccnc3C2=O)c1. The Morgan fingerprint density at radius 1 is 1.10 bits per heavy atom. The number of methoxy groups -OCH3 is 1. The molecule has 0 aliphatic carbocycles. The molecule has 0 atom stereocenters. The van der Waals surface area contributed by atoms with Gasteiger partial charge in [0.15, 0.2) is 11.4 Å². The Kier molecular flexibility index (Phi) is 2.90. The predicted octanol–water partition coefficient (Wildman–Crippen LogP) is 1.28. The van der Waals surface area contributed by atoms with Gasteiger partial charge in [0.1, 0.15) is 5.75 Å². The van der Waals surface area contributed by atoms with E-state index in [0.29, 0.717) is 5.75 Å². The molecule has 0 saturated carbocycles. The normalized spacial score (nSPS) is 13.6. The molecular formula is C14H11N3O3.